The molecule has 3 rings (SSSR count). The molecular weight excluding hydrogens is 238 g/mol. The zero-order valence-corrected chi connectivity index (χ0v) is 11.2. The summed E-state index contributed by atoms with van der Waals surface area (Å²) < 4.78 is 1.83. The average molecular weight is 257 g/mol. The molecule has 0 bridgehead atoms. The Kier molecular flexibility index (Phi) is 3.31. The zero-order chi connectivity index (χ0) is 13.2. The number of nitrogens with two attached hydrogens (primary N) is 1. The predicted octanol–water partition coefficient (Wildman–Crippen LogP) is 0.873. The molecule has 100 valence electrons. The third-order valence-electron chi connectivity index (χ3n) is 3.90. The van der Waals surface area contributed by atoms with E-state index in [2.05, 4.69) is 39.2 Å². The van der Waals surface area contributed by atoms with Gasteiger partial charge in [0.2, 0.25) is 0 Å². The Morgan fingerprint density at radius 2 is 2.21 bits per heavy atom. The fourth-order valence-corrected chi connectivity index (χ4v) is 2.81. The van der Waals surface area contributed by atoms with Gasteiger partial charge in [0, 0.05) is 26.2 Å². The number of hydrogen-bond acceptors (Lipinski definition) is 4. The second-order valence-electron chi connectivity index (χ2n) is 4.97. The number of fused-ring (bicyclic) bond motifs is 1. The highest BCUT2D eigenvalue weighted by atomic mass is 15.3. The first-order valence-electron chi connectivity index (χ1n) is 6.64. The molecule has 5 nitrogen and oxygen atoms in total. The standard InChI is InChI=1S/C14H19N5/c1-18-14(16-10-17-18)9-19-7-6-11-4-2-3-5-12(11)13(19)8-15/h2-5,10,13H,6-9,15H2,1H3. The van der Waals surface area contributed by atoms with Crippen molar-refractivity contribution in [3.8, 4) is 0 Å². The van der Waals surface area contributed by atoms with E-state index in [1.807, 2.05) is 11.7 Å². The maximum Gasteiger partial charge on any atom is 0.140 e. The Morgan fingerprint density at radius 3 is 2.95 bits per heavy atom. The van der Waals surface area contributed by atoms with Gasteiger partial charge in [-0.1, -0.05) is 24.3 Å². The summed E-state index contributed by atoms with van der Waals surface area (Å²) in [5, 5.41) is 4.12. The summed E-state index contributed by atoms with van der Waals surface area (Å²) in [6.07, 6.45) is 2.68. The van der Waals surface area contributed by atoms with Crippen LogP contribution < -0.4 is 5.73 Å². The fourth-order valence-electron chi connectivity index (χ4n) is 2.81. The van der Waals surface area contributed by atoms with Gasteiger partial charge in [-0.05, 0) is 17.5 Å². The molecule has 0 spiro atoms. The summed E-state index contributed by atoms with van der Waals surface area (Å²) >= 11 is 0. The van der Waals surface area contributed by atoms with Crippen LogP contribution in [0.5, 0.6) is 0 Å². The molecule has 0 saturated heterocycles. The van der Waals surface area contributed by atoms with Gasteiger partial charge in [-0.3, -0.25) is 9.58 Å². The van der Waals surface area contributed by atoms with E-state index in [0.29, 0.717) is 6.54 Å². The monoisotopic (exact) mass is 257 g/mol. The molecule has 0 aliphatic carbocycles. The molecule has 1 aromatic carbocycles. The second kappa shape index (κ2) is 5.11. The van der Waals surface area contributed by atoms with Crippen LogP contribution in [-0.4, -0.2) is 32.8 Å². The molecule has 0 fully saturated rings. The minimum Gasteiger partial charge on any atom is -0.329 e. The van der Waals surface area contributed by atoms with Crippen LogP contribution in [0, 0.1) is 0 Å². The van der Waals surface area contributed by atoms with Gasteiger partial charge in [0.15, 0.2) is 0 Å². The van der Waals surface area contributed by atoms with Crippen LogP contribution in [0.15, 0.2) is 30.6 Å². The van der Waals surface area contributed by atoms with Crippen molar-refractivity contribution >= 4 is 0 Å². The SMILES string of the molecule is Cn1ncnc1CN1CCc2ccccc2C1CN. The first kappa shape index (κ1) is 12.3. The van der Waals surface area contributed by atoms with Gasteiger partial charge in [-0.15, -0.1) is 0 Å². The average Bonchev–Trinajstić information content (AvgIpc) is 2.84. The lowest BCUT2D eigenvalue weighted by Gasteiger charge is -2.36. The van der Waals surface area contributed by atoms with Crippen molar-refractivity contribution in [2.24, 2.45) is 12.8 Å². The molecule has 19 heavy (non-hydrogen) atoms. The minimum atomic E-state index is 0.279. The molecule has 1 aromatic heterocycles. The topological polar surface area (TPSA) is 60.0 Å². The van der Waals surface area contributed by atoms with E-state index in [9.17, 15) is 0 Å². The molecule has 2 N–H and O–H groups in total. The van der Waals surface area contributed by atoms with E-state index >= 15 is 0 Å². The molecule has 1 aliphatic rings. The van der Waals surface area contributed by atoms with Crippen molar-refractivity contribution in [3.63, 3.8) is 0 Å². The number of aryl methyl sites for hydroxylation is 1. The van der Waals surface area contributed by atoms with Gasteiger partial charge in [-0.2, -0.15) is 5.10 Å². The number of benzene rings is 1. The first-order valence-corrected chi connectivity index (χ1v) is 6.64. The molecule has 0 saturated carbocycles. The van der Waals surface area contributed by atoms with Gasteiger partial charge in [-0.25, -0.2) is 4.98 Å². The van der Waals surface area contributed by atoms with Crippen molar-refractivity contribution in [2.45, 2.75) is 19.0 Å². The smallest absolute Gasteiger partial charge is 0.140 e. The van der Waals surface area contributed by atoms with Crippen LogP contribution in [0.2, 0.25) is 0 Å². The first-order chi connectivity index (χ1) is 9.29. The molecule has 1 aliphatic heterocycles. The third kappa shape index (κ3) is 2.27. The highest BCUT2D eigenvalue weighted by Crippen LogP contribution is 2.29. The summed E-state index contributed by atoms with van der Waals surface area (Å²) in [5.74, 6) is 0.984. The van der Waals surface area contributed by atoms with Crippen molar-refractivity contribution in [1.29, 1.82) is 0 Å². The molecule has 0 radical (unpaired) electrons. The summed E-state index contributed by atoms with van der Waals surface area (Å²) in [6.45, 7) is 2.45. The van der Waals surface area contributed by atoms with Gasteiger partial charge in [0.25, 0.3) is 0 Å². The van der Waals surface area contributed by atoms with Crippen molar-refractivity contribution in [1.82, 2.24) is 19.7 Å². The van der Waals surface area contributed by atoms with Crippen molar-refractivity contribution in [2.75, 3.05) is 13.1 Å². The Morgan fingerprint density at radius 1 is 1.37 bits per heavy atom. The molecule has 0 amide bonds. The molecule has 2 heterocycles. The number of aromatic nitrogens is 3. The lowest BCUT2D eigenvalue weighted by atomic mass is 9.92. The summed E-state index contributed by atoms with van der Waals surface area (Å²) in [5.41, 5.74) is 8.77. The van der Waals surface area contributed by atoms with E-state index in [-0.39, 0.29) is 6.04 Å². The van der Waals surface area contributed by atoms with Crippen molar-refractivity contribution < 1.29 is 0 Å². The Balaban J connectivity index is 1.86. The van der Waals surface area contributed by atoms with Crippen LogP contribution in [0.4, 0.5) is 0 Å². The van der Waals surface area contributed by atoms with Crippen LogP contribution in [0.3, 0.4) is 0 Å². The van der Waals surface area contributed by atoms with Crippen LogP contribution in [0.1, 0.15) is 23.0 Å². The van der Waals surface area contributed by atoms with E-state index in [0.717, 1.165) is 25.3 Å². The normalized spacial score (nSPS) is 19.4. The largest absolute Gasteiger partial charge is 0.329 e. The lowest BCUT2D eigenvalue weighted by molar-refractivity contribution is 0.174. The van der Waals surface area contributed by atoms with E-state index in [1.54, 1.807) is 6.33 Å². The summed E-state index contributed by atoms with van der Waals surface area (Å²) in [6, 6.07) is 8.87. The van der Waals surface area contributed by atoms with E-state index in [4.69, 9.17) is 5.73 Å². The number of hydrogen-bond donors (Lipinski definition) is 1. The third-order valence-corrected chi connectivity index (χ3v) is 3.90. The molecule has 5 heteroatoms. The highest BCUT2D eigenvalue weighted by molar-refractivity contribution is 5.32. The van der Waals surface area contributed by atoms with Gasteiger partial charge in [0.05, 0.1) is 6.54 Å². The lowest BCUT2D eigenvalue weighted by Crippen LogP contribution is -2.39. The van der Waals surface area contributed by atoms with Crippen molar-refractivity contribution in [3.05, 3.63) is 47.5 Å². The molecule has 1 unspecified atom stereocenters. The summed E-state index contributed by atoms with van der Waals surface area (Å²) in [4.78, 5) is 6.70. The van der Waals surface area contributed by atoms with Gasteiger partial charge in [0.1, 0.15) is 12.2 Å². The fraction of sp³-hybridized carbons (Fsp3) is 0.429. The minimum absolute atomic E-state index is 0.279. The number of rotatable bonds is 3. The maximum absolute atomic E-state index is 5.99. The number of nitrogens with zero attached hydrogens (tertiary/aromatic N) is 4. The molecule has 1 atom stereocenters. The van der Waals surface area contributed by atoms with E-state index < -0.39 is 0 Å². The Hall–Kier alpha value is -1.72. The van der Waals surface area contributed by atoms with Crippen LogP contribution in [-0.2, 0) is 20.0 Å². The second-order valence-corrected chi connectivity index (χ2v) is 4.97. The quantitative estimate of drug-likeness (QED) is 0.886. The Labute approximate surface area is 113 Å². The molecule has 2 aromatic rings. The van der Waals surface area contributed by atoms with E-state index in [1.165, 1.54) is 11.1 Å². The highest BCUT2D eigenvalue weighted by Gasteiger charge is 2.26. The van der Waals surface area contributed by atoms with Gasteiger partial charge >= 0.3 is 0 Å². The predicted molar refractivity (Wildman–Crippen MR) is 73.4 cm³/mol. The van der Waals surface area contributed by atoms with Gasteiger partial charge < -0.3 is 5.73 Å². The molecular formula is C14H19N5. The zero-order valence-electron chi connectivity index (χ0n) is 11.2. The van der Waals surface area contributed by atoms with Crippen LogP contribution >= 0.6 is 0 Å². The maximum atomic E-state index is 5.99. The Bertz CT molecular complexity index is 562. The summed E-state index contributed by atoms with van der Waals surface area (Å²) in [7, 11) is 1.93. The van der Waals surface area contributed by atoms with Crippen LogP contribution in [0.25, 0.3) is 0 Å².